The molecule has 0 atom stereocenters. The average Bonchev–Trinajstić information content (AvgIpc) is 2.34. The summed E-state index contributed by atoms with van der Waals surface area (Å²) in [5.74, 6) is 0. The Morgan fingerprint density at radius 2 is 1.89 bits per heavy atom. The van der Waals surface area contributed by atoms with E-state index in [4.69, 9.17) is 5.26 Å². The maximum atomic E-state index is 8.78. The van der Waals surface area contributed by atoms with Gasteiger partial charge < -0.3 is 0 Å². The number of benzene rings is 1. The molecule has 0 bridgehead atoms. The summed E-state index contributed by atoms with van der Waals surface area (Å²) in [7, 11) is 2.19. The number of piperazine rings is 1. The maximum Gasteiger partial charge on any atom is 0.0991 e. The zero-order valence-electron chi connectivity index (χ0n) is 11.5. The normalized spacial score (nSPS) is 20.6. The van der Waals surface area contributed by atoms with Crippen LogP contribution in [0.25, 0.3) is 0 Å². The predicted octanol–water partition coefficient (Wildman–Crippen LogP) is 2.08. The number of nitriles is 1. The molecule has 1 aliphatic rings. The van der Waals surface area contributed by atoms with E-state index in [1.54, 1.807) is 0 Å². The Morgan fingerprint density at radius 1 is 1.22 bits per heavy atom. The summed E-state index contributed by atoms with van der Waals surface area (Å²) in [6.07, 6.45) is 0. The Bertz CT molecular complexity index is 442. The van der Waals surface area contributed by atoms with Gasteiger partial charge in [-0.1, -0.05) is 12.1 Å². The lowest BCUT2D eigenvalue weighted by Crippen LogP contribution is -2.57. The summed E-state index contributed by atoms with van der Waals surface area (Å²) < 4.78 is 0. The second-order valence-corrected chi connectivity index (χ2v) is 5.75. The van der Waals surface area contributed by atoms with Crippen LogP contribution < -0.4 is 0 Å². The summed E-state index contributed by atoms with van der Waals surface area (Å²) >= 11 is 0. The van der Waals surface area contributed by atoms with E-state index in [0.717, 1.165) is 31.7 Å². The predicted molar refractivity (Wildman–Crippen MR) is 73.1 cm³/mol. The lowest BCUT2D eigenvalue weighted by atomic mass is 9.99. The SMILES string of the molecule is CN1CCN(Cc2ccc(C#N)cc2)CC1(C)C. The van der Waals surface area contributed by atoms with Gasteiger partial charge in [0.2, 0.25) is 0 Å². The summed E-state index contributed by atoms with van der Waals surface area (Å²) in [5.41, 5.74) is 2.26. The summed E-state index contributed by atoms with van der Waals surface area (Å²) in [6, 6.07) is 10.1. The van der Waals surface area contributed by atoms with Crippen molar-refractivity contribution in [1.82, 2.24) is 9.80 Å². The Morgan fingerprint density at radius 3 is 2.44 bits per heavy atom. The van der Waals surface area contributed by atoms with Gasteiger partial charge in [-0.3, -0.25) is 9.80 Å². The van der Waals surface area contributed by atoms with Crippen LogP contribution in [0.3, 0.4) is 0 Å². The summed E-state index contributed by atoms with van der Waals surface area (Å²) in [4.78, 5) is 4.91. The van der Waals surface area contributed by atoms with Crippen molar-refractivity contribution < 1.29 is 0 Å². The highest BCUT2D eigenvalue weighted by Gasteiger charge is 2.30. The molecule has 1 aliphatic heterocycles. The lowest BCUT2D eigenvalue weighted by Gasteiger charge is -2.45. The van der Waals surface area contributed by atoms with Crippen LogP contribution in [-0.2, 0) is 6.54 Å². The van der Waals surface area contributed by atoms with Crippen molar-refractivity contribution in [2.45, 2.75) is 25.9 Å². The highest BCUT2D eigenvalue weighted by atomic mass is 15.3. The first-order valence-corrected chi connectivity index (χ1v) is 6.44. The molecule has 1 aromatic carbocycles. The standard InChI is InChI=1S/C15H21N3/c1-15(2)12-18(9-8-17(15)3)11-14-6-4-13(10-16)5-7-14/h4-7H,8-9,11-12H2,1-3H3. The molecule has 0 N–H and O–H groups in total. The monoisotopic (exact) mass is 243 g/mol. The van der Waals surface area contributed by atoms with Crippen LogP contribution in [0.2, 0.25) is 0 Å². The van der Waals surface area contributed by atoms with Crippen molar-refractivity contribution in [3.05, 3.63) is 35.4 Å². The molecular formula is C15H21N3. The number of hydrogen-bond donors (Lipinski definition) is 0. The molecule has 0 aromatic heterocycles. The average molecular weight is 243 g/mol. The fourth-order valence-electron chi connectivity index (χ4n) is 2.42. The van der Waals surface area contributed by atoms with Crippen molar-refractivity contribution in [3.8, 4) is 6.07 Å². The molecule has 3 nitrogen and oxygen atoms in total. The summed E-state index contributed by atoms with van der Waals surface area (Å²) in [5, 5.41) is 8.78. The van der Waals surface area contributed by atoms with E-state index in [0.29, 0.717) is 0 Å². The first kappa shape index (κ1) is 13.1. The van der Waals surface area contributed by atoms with Crippen LogP contribution >= 0.6 is 0 Å². The van der Waals surface area contributed by atoms with Gasteiger partial charge in [-0.25, -0.2) is 0 Å². The molecule has 96 valence electrons. The molecule has 1 heterocycles. The van der Waals surface area contributed by atoms with Crippen LogP contribution in [0.15, 0.2) is 24.3 Å². The van der Waals surface area contributed by atoms with Crippen molar-refractivity contribution in [1.29, 1.82) is 5.26 Å². The van der Waals surface area contributed by atoms with Crippen molar-refractivity contribution in [2.24, 2.45) is 0 Å². The van der Waals surface area contributed by atoms with E-state index < -0.39 is 0 Å². The van der Waals surface area contributed by atoms with Gasteiger partial charge in [0.1, 0.15) is 0 Å². The van der Waals surface area contributed by atoms with Crippen LogP contribution in [0.4, 0.5) is 0 Å². The van der Waals surface area contributed by atoms with Gasteiger partial charge >= 0.3 is 0 Å². The number of hydrogen-bond acceptors (Lipinski definition) is 3. The molecule has 0 unspecified atom stereocenters. The minimum atomic E-state index is 0.241. The third kappa shape index (κ3) is 2.90. The molecule has 0 saturated carbocycles. The minimum Gasteiger partial charge on any atom is -0.299 e. The Labute approximate surface area is 110 Å². The highest BCUT2D eigenvalue weighted by Crippen LogP contribution is 2.20. The van der Waals surface area contributed by atoms with Crippen LogP contribution in [-0.4, -0.2) is 42.0 Å². The molecule has 1 fully saturated rings. The zero-order valence-corrected chi connectivity index (χ0v) is 11.5. The van der Waals surface area contributed by atoms with Gasteiger partial charge in [-0.05, 0) is 38.6 Å². The molecule has 0 spiro atoms. The molecule has 0 amide bonds. The topological polar surface area (TPSA) is 30.3 Å². The van der Waals surface area contributed by atoms with Gasteiger partial charge in [-0.15, -0.1) is 0 Å². The fourth-order valence-corrected chi connectivity index (χ4v) is 2.42. The fraction of sp³-hybridized carbons (Fsp3) is 0.533. The number of nitrogens with zero attached hydrogens (tertiary/aromatic N) is 3. The minimum absolute atomic E-state index is 0.241. The van der Waals surface area contributed by atoms with Gasteiger partial charge in [0.25, 0.3) is 0 Å². The third-order valence-corrected chi connectivity index (χ3v) is 3.88. The van der Waals surface area contributed by atoms with Crippen molar-refractivity contribution in [2.75, 3.05) is 26.7 Å². The zero-order chi connectivity index (χ0) is 13.2. The lowest BCUT2D eigenvalue weighted by molar-refractivity contribution is 0.0360. The van der Waals surface area contributed by atoms with Crippen LogP contribution in [0, 0.1) is 11.3 Å². The maximum absolute atomic E-state index is 8.78. The molecule has 0 aliphatic carbocycles. The second kappa shape index (κ2) is 5.09. The third-order valence-electron chi connectivity index (χ3n) is 3.88. The van der Waals surface area contributed by atoms with E-state index in [2.05, 4.69) is 48.9 Å². The molecule has 1 aromatic rings. The van der Waals surface area contributed by atoms with Crippen LogP contribution in [0.1, 0.15) is 25.0 Å². The molecular weight excluding hydrogens is 222 g/mol. The van der Waals surface area contributed by atoms with Gasteiger partial charge in [-0.2, -0.15) is 5.26 Å². The van der Waals surface area contributed by atoms with E-state index in [9.17, 15) is 0 Å². The van der Waals surface area contributed by atoms with Gasteiger partial charge in [0.15, 0.2) is 0 Å². The number of likely N-dealkylation sites (N-methyl/N-ethyl adjacent to an activating group) is 1. The first-order valence-electron chi connectivity index (χ1n) is 6.44. The van der Waals surface area contributed by atoms with Crippen molar-refractivity contribution in [3.63, 3.8) is 0 Å². The van der Waals surface area contributed by atoms with Gasteiger partial charge in [0, 0.05) is 31.7 Å². The van der Waals surface area contributed by atoms with Crippen molar-refractivity contribution >= 4 is 0 Å². The Hall–Kier alpha value is -1.37. The second-order valence-electron chi connectivity index (χ2n) is 5.75. The molecule has 18 heavy (non-hydrogen) atoms. The number of rotatable bonds is 2. The summed E-state index contributed by atoms with van der Waals surface area (Å²) in [6.45, 7) is 8.87. The van der Waals surface area contributed by atoms with E-state index >= 15 is 0 Å². The molecule has 2 rings (SSSR count). The van der Waals surface area contributed by atoms with Gasteiger partial charge in [0.05, 0.1) is 11.6 Å². The quantitative estimate of drug-likeness (QED) is 0.796. The molecule has 3 heteroatoms. The van der Waals surface area contributed by atoms with E-state index in [1.165, 1.54) is 5.56 Å². The Balaban J connectivity index is 1.99. The van der Waals surface area contributed by atoms with Crippen LogP contribution in [0.5, 0.6) is 0 Å². The van der Waals surface area contributed by atoms with E-state index in [1.807, 2.05) is 12.1 Å². The molecule has 1 saturated heterocycles. The molecule has 0 radical (unpaired) electrons. The largest absolute Gasteiger partial charge is 0.299 e. The first-order chi connectivity index (χ1) is 8.51. The Kier molecular flexibility index (Phi) is 3.70. The smallest absolute Gasteiger partial charge is 0.0991 e. The van der Waals surface area contributed by atoms with E-state index in [-0.39, 0.29) is 5.54 Å². The highest BCUT2D eigenvalue weighted by molar-refractivity contribution is 5.31.